The van der Waals surface area contributed by atoms with Crippen LogP contribution in [0.2, 0.25) is 0 Å². The summed E-state index contributed by atoms with van der Waals surface area (Å²) in [5, 5.41) is 2.47. The Labute approximate surface area is 139 Å². The molecule has 24 heavy (non-hydrogen) atoms. The predicted octanol–water partition coefficient (Wildman–Crippen LogP) is 1.27. The molecular weight excluding hydrogens is 319 g/mol. The molecule has 2 unspecified atom stereocenters. The maximum Gasteiger partial charge on any atom is 0.340 e. The Morgan fingerprint density at radius 2 is 2.00 bits per heavy atom. The minimum absolute atomic E-state index is 0.0457. The molecule has 0 aliphatic heterocycles. The van der Waals surface area contributed by atoms with Crippen LogP contribution >= 0.6 is 0 Å². The number of methoxy groups -OCH3 is 1. The number of rotatable bonds is 7. The van der Waals surface area contributed by atoms with E-state index >= 15 is 0 Å². The van der Waals surface area contributed by atoms with Gasteiger partial charge in [0.2, 0.25) is 0 Å². The summed E-state index contributed by atoms with van der Waals surface area (Å²) >= 11 is 0. The highest BCUT2D eigenvalue weighted by atomic mass is 19.1. The summed E-state index contributed by atoms with van der Waals surface area (Å²) in [6.07, 6.45) is 0.645. The number of anilines is 1. The first-order valence-electron chi connectivity index (χ1n) is 7.39. The quantitative estimate of drug-likeness (QED) is 0.572. The van der Waals surface area contributed by atoms with Gasteiger partial charge in [0, 0.05) is 5.69 Å². The Morgan fingerprint density at radius 3 is 2.54 bits per heavy atom. The second-order valence-corrected chi connectivity index (χ2v) is 5.26. The highest BCUT2D eigenvalue weighted by molar-refractivity contribution is 5.96. The van der Waals surface area contributed by atoms with Crippen molar-refractivity contribution in [3.8, 4) is 0 Å². The van der Waals surface area contributed by atoms with Gasteiger partial charge in [-0.3, -0.25) is 4.79 Å². The minimum atomic E-state index is -0.860. The molecule has 0 bridgehead atoms. The first kappa shape index (κ1) is 19.4. The molecule has 1 amide bonds. The highest BCUT2D eigenvalue weighted by Gasteiger charge is 2.27. The normalized spacial score (nSPS) is 12.8. The molecule has 2 atom stereocenters. The molecule has 0 fully saturated rings. The van der Waals surface area contributed by atoms with E-state index in [9.17, 15) is 18.8 Å². The van der Waals surface area contributed by atoms with Crippen molar-refractivity contribution in [1.29, 1.82) is 0 Å². The topological polar surface area (TPSA) is 108 Å². The summed E-state index contributed by atoms with van der Waals surface area (Å²) in [7, 11) is 1.22. The molecule has 0 aliphatic rings. The number of carbonyl (C=O) groups is 3. The molecule has 1 aromatic rings. The summed E-state index contributed by atoms with van der Waals surface area (Å²) in [6, 6.07) is 2.37. The van der Waals surface area contributed by atoms with Crippen LogP contribution in [0.3, 0.4) is 0 Å². The van der Waals surface area contributed by atoms with Gasteiger partial charge in [-0.15, -0.1) is 0 Å². The third-order valence-corrected chi connectivity index (χ3v) is 3.55. The monoisotopic (exact) mass is 340 g/mol. The van der Waals surface area contributed by atoms with E-state index in [2.05, 4.69) is 10.1 Å². The van der Waals surface area contributed by atoms with Crippen LogP contribution in [0, 0.1) is 11.7 Å². The second kappa shape index (κ2) is 8.85. The zero-order chi connectivity index (χ0) is 18.3. The van der Waals surface area contributed by atoms with Crippen molar-refractivity contribution in [3.63, 3.8) is 0 Å². The number of hydrogen-bond donors (Lipinski definition) is 2. The van der Waals surface area contributed by atoms with Crippen LogP contribution in [-0.4, -0.2) is 37.6 Å². The van der Waals surface area contributed by atoms with Gasteiger partial charge in [-0.25, -0.2) is 14.0 Å². The first-order chi connectivity index (χ1) is 11.3. The van der Waals surface area contributed by atoms with Crippen LogP contribution in [0.1, 0.15) is 30.6 Å². The fraction of sp³-hybridized carbons (Fsp3) is 0.438. The van der Waals surface area contributed by atoms with Crippen LogP contribution in [0.5, 0.6) is 0 Å². The van der Waals surface area contributed by atoms with Gasteiger partial charge < -0.3 is 20.5 Å². The van der Waals surface area contributed by atoms with E-state index in [0.29, 0.717) is 6.42 Å². The Kier molecular flexibility index (Phi) is 7.16. The second-order valence-electron chi connectivity index (χ2n) is 5.26. The first-order valence-corrected chi connectivity index (χ1v) is 7.39. The summed E-state index contributed by atoms with van der Waals surface area (Å²) in [5.41, 5.74) is 5.39. The molecule has 132 valence electrons. The van der Waals surface area contributed by atoms with Gasteiger partial charge in [0.25, 0.3) is 5.91 Å². The number of amides is 1. The zero-order valence-electron chi connectivity index (χ0n) is 13.8. The number of ether oxygens (including phenoxy) is 2. The number of benzene rings is 1. The van der Waals surface area contributed by atoms with Gasteiger partial charge >= 0.3 is 11.9 Å². The average molecular weight is 340 g/mol. The van der Waals surface area contributed by atoms with Crippen molar-refractivity contribution in [3.05, 3.63) is 29.6 Å². The van der Waals surface area contributed by atoms with Gasteiger partial charge in [0.1, 0.15) is 11.9 Å². The molecule has 1 rings (SSSR count). The van der Waals surface area contributed by atoms with Crippen molar-refractivity contribution >= 4 is 23.5 Å². The van der Waals surface area contributed by atoms with E-state index < -0.39 is 36.3 Å². The number of nitrogens with one attached hydrogen (secondary N) is 1. The molecule has 0 spiro atoms. The largest absolute Gasteiger partial charge is 0.467 e. The molecular formula is C16H21FN2O5. The molecule has 0 aliphatic carbocycles. The van der Waals surface area contributed by atoms with Crippen molar-refractivity contribution < 1.29 is 28.2 Å². The molecule has 3 N–H and O–H groups in total. The maximum atomic E-state index is 12.9. The summed E-state index contributed by atoms with van der Waals surface area (Å²) in [6.45, 7) is 3.05. The van der Waals surface area contributed by atoms with E-state index in [4.69, 9.17) is 10.5 Å². The molecule has 0 heterocycles. The lowest BCUT2D eigenvalue weighted by molar-refractivity contribution is -0.147. The van der Waals surface area contributed by atoms with Gasteiger partial charge in [-0.2, -0.15) is 0 Å². The van der Waals surface area contributed by atoms with Gasteiger partial charge in [-0.1, -0.05) is 20.3 Å². The third-order valence-electron chi connectivity index (χ3n) is 3.55. The molecule has 7 nitrogen and oxygen atoms in total. The Bertz CT molecular complexity index is 620. The predicted molar refractivity (Wildman–Crippen MR) is 84.5 cm³/mol. The van der Waals surface area contributed by atoms with Crippen LogP contribution in [0.4, 0.5) is 10.1 Å². The number of hydrogen-bond acceptors (Lipinski definition) is 6. The standard InChI is InChI=1S/C16H21FN2O5/c1-4-9(2)14(16(22)23-3)19-13(20)8-24-15(21)11-6-5-10(17)7-12(11)18/h5-7,9,14H,4,8,18H2,1-3H3,(H,19,20). The van der Waals surface area contributed by atoms with Crippen LogP contribution in [-0.2, 0) is 19.1 Å². The zero-order valence-corrected chi connectivity index (χ0v) is 13.8. The lowest BCUT2D eigenvalue weighted by Crippen LogP contribution is -2.47. The Morgan fingerprint density at radius 1 is 1.33 bits per heavy atom. The van der Waals surface area contributed by atoms with Crippen molar-refractivity contribution in [2.45, 2.75) is 26.3 Å². The molecule has 8 heteroatoms. The Balaban J connectivity index is 2.64. The molecule has 0 saturated heterocycles. The SMILES string of the molecule is CCC(C)C(NC(=O)COC(=O)c1ccc(F)cc1N)C(=O)OC. The van der Waals surface area contributed by atoms with E-state index in [1.807, 2.05) is 6.92 Å². The van der Waals surface area contributed by atoms with Crippen LogP contribution in [0.25, 0.3) is 0 Å². The van der Waals surface area contributed by atoms with Crippen molar-refractivity contribution in [2.24, 2.45) is 5.92 Å². The highest BCUT2D eigenvalue weighted by Crippen LogP contribution is 2.14. The van der Waals surface area contributed by atoms with Gasteiger partial charge in [-0.05, 0) is 24.1 Å². The summed E-state index contributed by atoms with van der Waals surface area (Å²) in [4.78, 5) is 35.4. The number of halogens is 1. The maximum absolute atomic E-state index is 12.9. The molecule has 0 radical (unpaired) electrons. The number of nitrogen functional groups attached to an aromatic ring is 1. The summed E-state index contributed by atoms with van der Waals surface area (Å²) < 4.78 is 22.4. The fourth-order valence-electron chi connectivity index (χ4n) is 1.94. The smallest absolute Gasteiger partial charge is 0.340 e. The third kappa shape index (κ3) is 5.22. The van der Waals surface area contributed by atoms with Crippen molar-refractivity contribution in [1.82, 2.24) is 5.32 Å². The average Bonchev–Trinajstić information content (AvgIpc) is 2.56. The lowest BCUT2D eigenvalue weighted by atomic mass is 9.99. The summed E-state index contributed by atoms with van der Waals surface area (Å²) in [5.74, 6) is -2.83. The molecule has 1 aromatic carbocycles. The van der Waals surface area contributed by atoms with E-state index in [1.165, 1.54) is 13.2 Å². The Hall–Kier alpha value is -2.64. The van der Waals surface area contributed by atoms with E-state index in [1.54, 1.807) is 6.92 Å². The van der Waals surface area contributed by atoms with Crippen molar-refractivity contribution in [2.75, 3.05) is 19.5 Å². The minimum Gasteiger partial charge on any atom is -0.467 e. The van der Waals surface area contributed by atoms with Gasteiger partial charge in [0.15, 0.2) is 6.61 Å². The lowest BCUT2D eigenvalue weighted by Gasteiger charge is -2.21. The number of nitrogens with two attached hydrogens (primary N) is 1. The van der Waals surface area contributed by atoms with Crippen LogP contribution in [0.15, 0.2) is 18.2 Å². The molecule has 0 saturated carbocycles. The van der Waals surface area contributed by atoms with E-state index in [0.717, 1.165) is 12.1 Å². The fourth-order valence-corrected chi connectivity index (χ4v) is 1.94. The van der Waals surface area contributed by atoms with Gasteiger partial charge in [0.05, 0.1) is 12.7 Å². The molecule has 0 aromatic heterocycles. The van der Waals surface area contributed by atoms with Crippen LogP contribution < -0.4 is 11.1 Å². The van der Waals surface area contributed by atoms with E-state index in [-0.39, 0.29) is 17.2 Å². The number of carbonyl (C=O) groups excluding carboxylic acids is 3. The number of esters is 2.